The Morgan fingerprint density at radius 2 is 2.47 bits per heavy atom. The van der Waals surface area contributed by atoms with Crippen molar-refractivity contribution >= 4 is 0 Å². The lowest BCUT2D eigenvalue weighted by atomic mass is 9.77. The zero-order valence-electron chi connectivity index (χ0n) is 10.4. The molecule has 1 aliphatic heterocycles. The first kappa shape index (κ1) is 12.3. The van der Waals surface area contributed by atoms with Gasteiger partial charge in [0.25, 0.3) is 0 Å². The molecule has 94 valence electrons. The van der Waals surface area contributed by atoms with Gasteiger partial charge in [0.05, 0.1) is 7.11 Å². The fourth-order valence-corrected chi connectivity index (χ4v) is 2.60. The zero-order valence-corrected chi connectivity index (χ0v) is 10.4. The first-order chi connectivity index (χ1) is 8.22. The molecule has 2 unspecified atom stereocenters. The van der Waals surface area contributed by atoms with E-state index < -0.39 is 5.60 Å². The number of ether oxygens (including phenoxy) is 1. The average Bonchev–Trinajstić information content (AvgIpc) is 2.39. The molecule has 0 amide bonds. The van der Waals surface area contributed by atoms with Gasteiger partial charge < -0.3 is 15.2 Å². The molecule has 1 aromatic heterocycles. The molecule has 2 N–H and O–H groups in total. The smallest absolute Gasteiger partial charge is 0.143 e. The van der Waals surface area contributed by atoms with Gasteiger partial charge in [-0.25, -0.2) is 0 Å². The van der Waals surface area contributed by atoms with E-state index in [1.807, 2.05) is 12.1 Å². The van der Waals surface area contributed by atoms with E-state index in [0.717, 1.165) is 19.5 Å². The van der Waals surface area contributed by atoms with Gasteiger partial charge in [-0.05, 0) is 31.5 Å². The highest BCUT2D eigenvalue weighted by atomic mass is 16.5. The Hall–Kier alpha value is -1.13. The molecule has 1 aliphatic rings. The molecule has 0 aromatic carbocycles. The lowest BCUT2D eigenvalue weighted by molar-refractivity contribution is -0.0530. The van der Waals surface area contributed by atoms with Crippen LogP contribution in [0.2, 0.25) is 0 Å². The lowest BCUT2D eigenvalue weighted by Crippen LogP contribution is -2.48. The number of hydrogen-bond donors (Lipinski definition) is 2. The third kappa shape index (κ3) is 2.15. The minimum Gasteiger partial charge on any atom is -0.495 e. The highest BCUT2D eigenvalue weighted by molar-refractivity contribution is 5.33. The van der Waals surface area contributed by atoms with Crippen molar-refractivity contribution in [1.82, 2.24) is 10.3 Å². The van der Waals surface area contributed by atoms with E-state index >= 15 is 0 Å². The van der Waals surface area contributed by atoms with Crippen LogP contribution in [0, 0.1) is 5.92 Å². The highest BCUT2D eigenvalue weighted by Crippen LogP contribution is 2.39. The van der Waals surface area contributed by atoms with Crippen molar-refractivity contribution in [2.24, 2.45) is 5.92 Å². The molecule has 0 saturated carbocycles. The third-order valence-corrected chi connectivity index (χ3v) is 3.64. The number of pyridine rings is 1. The molecular weight excluding hydrogens is 216 g/mol. The number of methoxy groups -OCH3 is 1. The van der Waals surface area contributed by atoms with Crippen LogP contribution in [0.4, 0.5) is 0 Å². The first-order valence-electron chi connectivity index (χ1n) is 6.15. The Balaban J connectivity index is 2.41. The Morgan fingerprint density at radius 3 is 3.18 bits per heavy atom. The second-order valence-corrected chi connectivity index (χ2v) is 4.54. The van der Waals surface area contributed by atoms with Crippen LogP contribution in [0.25, 0.3) is 0 Å². The van der Waals surface area contributed by atoms with Gasteiger partial charge in [-0.15, -0.1) is 0 Å². The lowest BCUT2D eigenvalue weighted by Gasteiger charge is -2.40. The van der Waals surface area contributed by atoms with Gasteiger partial charge in [0.15, 0.2) is 0 Å². The summed E-state index contributed by atoms with van der Waals surface area (Å²) in [5.41, 5.74) is -0.192. The maximum Gasteiger partial charge on any atom is 0.143 e. The van der Waals surface area contributed by atoms with Crippen molar-refractivity contribution in [2.75, 3.05) is 20.2 Å². The van der Waals surface area contributed by atoms with Crippen LogP contribution in [0.15, 0.2) is 18.3 Å². The molecule has 2 atom stereocenters. The number of rotatable bonds is 3. The van der Waals surface area contributed by atoms with Crippen LogP contribution in [0.1, 0.15) is 25.5 Å². The predicted molar refractivity (Wildman–Crippen MR) is 66.0 cm³/mol. The van der Waals surface area contributed by atoms with Crippen LogP contribution >= 0.6 is 0 Å². The van der Waals surface area contributed by atoms with Gasteiger partial charge in [0.2, 0.25) is 0 Å². The second-order valence-electron chi connectivity index (χ2n) is 4.54. The monoisotopic (exact) mass is 236 g/mol. The summed E-state index contributed by atoms with van der Waals surface area (Å²) in [7, 11) is 1.62. The van der Waals surface area contributed by atoms with Gasteiger partial charge >= 0.3 is 0 Å². The number of hydrogen-bond acceptors (Lipinski definition) is 4. The maximum atomic E-state index is 10.9. The molecule has 1 fully saturated rings. The maximum absolute atomic E-state index is 10.9. The summed E-state index contributed by atoms with van der Waals surface area (Å²) in [4.78, 5) is 4.34. The Kier molecular flexibility index (Phi) is 3.64. The SMILES string of the molecule is CCC1CNCCC1(O)c1ncccc1OC. The van der Waals surface area contributed by atoms with Gasteiger partial charge in [-0.2, -0.15) is 0 Å². The summed E-state index contributed by atoms with van der Waals surface area (Å²) in [5.74, 6) is 0.857. The Morgan fingerprint density at radius 1 is 1.65 bits per heavy atom. The summed E-state index contributed by atoms with van der Waals surface area (Å²) in [6, 6.07) is 3.68. The molecule has 2 heterocycles. The summed E-state index contributed by atoms with van der Waals surface area (Å²) in [6.45, 7) is 3.73. The summed E-state index contributed by atoms with van der Waals surface area (Å²) in [6.07, 6.45) is 3.31. The number of aliphatic hydroxyl groups is 1. The van der Waals surface area contributed by atoms with Gasteiger partial charge in [0.1, 0.15) is 17.0 Å². The van der Waals surface area contributed by atoms with E-state index in [9.17, 15) is 5.11 Å². The topological polar surface area (TPSA) is 54.4 Å². The van der Waals surface area contributed by atoms with Crippen molar-refractivity contribution in [2.45, 2.75) is 25.4 Å². The zero-order chi connectivity index (χ0) is 12.3. The van der Waals surface area contributed by atoms with Crippen molar-refractivity contribution in [3.05, 3.63) is 24.0 Å². The number of nitrogens with zero attached hydrogens (tertiary/aromatic N) is 1. The van der Waals surface area contributed by atoms with E-state index in [0.29, 0.717) is 17.9 Å². The molecule has 4 heteroatoms. The summed E-state index contributed by atoms with van der Waals surface area (Å²) >= 11 is 0. The molecule has 0 spiro atoms. The van der Waals surface area contributed by atoms with Crippen LogP contribution in [0.3, 0.4) is 0 Å². The molecule has 0 aliphatic carbocycles. The molecule has 0 radical (unpaired) electrons. The van der Waals surface area contributed by atoms with E-state index in [1.54, 1.807) is 13.3 Å². The van der Waals surface area contributed by atoms with Crippen LogP contribution in [-0.4, -0.2) is 30.3 Å². The molecule has 2 rings (SSSR count). The van der Waals surface area contributed by atoms with Crippen molar-refractivity contribution in [3.63, 3.8) is 0 Å². The summed E-state index contributed by atoms with van der Waals surface area (Å²) in [5, 5.41) is 14.3. The van der Waals surface area contributed by atoms with Gasteiger partial charge in [0, 0.05) is 18.7 Å². The van der Waals surface area contributed by atoms with Crippen molar-refractivity contribution in [3.8, 4) is 5.75 Å². The number of aromatic nitrogens is 1. The molecule has 4 nitrogen and oxygen atoms in total. The van der Waals surface area contributed by atoms with Crippen molar-refractivity contribution in [1.29, 1.82) is 0 Å². The second kappa shape index (κ2) is 5.02. The highest BCUT2D eigenvalue weighted by Gasteiger charge is 2.42. The van der Waals surface area contributed by atoms with E-state index in [4.69, 9.17) is 4.74 Å². The molecule has 1 aromatic rings. The van der Waals surface area contributed by atoms with E-state index in [1.165, 1.54) is 0 Å². The van der Waals surface area contributed by atoms with Gasteiger partial charge in [-0.3, -0.25) is 4.98 Å². The summed E-state index contributed by atoms with van der Waals surface area (Å²) < 4.78 is 5.31. The molecule has 17 heavy (non-hydrogen) atoms. The third-order valence-electron chi connectivity index (χ3n) is 3.64. The fourth-order valence-electron chi connectivity index (χ4n) is 2.60. The average molecular weight is 236 g/mol. The Labute approximate surface area is 102 Å². The minimum atomic E-state index is -0.868. The predicted octanol–water partition coefficient (Wildman–Crippen LogP) is 1.30. The molecular formula is C13H20N2O2. The normalized spacial score (nSPS) is 29.0. The minimum absolute atomic E-state index is 0.181. The quantitative estimate of drug-likeness (QED) is 0.830. The first-order valence-corrected chi connectivity index (χ1v) is 6.15. The van der Waals surface area contributed by atoms with Crippen LogP contribution in [-0.2, 0) is 5.60 Å². The molecule has 0 bridgehead atoms. The largest absolute Gasteiger partial charge is 0.495 e. The van der Waals surface area contributed by atoms with Crippen LogP contribution in [0.5, 0.6) is 5.75 Å². The van der Waals surface area contributed by atoms with E-state index in [2.05, 4.69) is 17.2 Å². The van der Waals surface area contributed by atoms with E-state index in [-0.39, 0.29) is 5.92 Å². The number of nitrogens with one attached hydrogen (secondary N) is 1. The van der Waals surface area contributed by atoms with Gasteiger partial charge in [-0.1, -0.05) is 6.92 Å². The molecule has 1 saturated heterocycles. The standard InChI is InChI=1S/C13H20N2O2/c1-3-10-9-14-8-6-13(10,16)12-11(17-2)5-4-7-15-12/h4-5,7,10,14,16H,3,6,8-9H2,1-2H3. The Bertz CT molecular complexity index is 383. The van der Waals surface area contributed by atoms with Crippen molar-refractivity contribution < 1.29 is 9.84 Å². The number of piperidine rings is 1. The van der Waals surface area contributed by atoms with Crippen LogP contribution < -0.4 is 10.1 Å². The fraction of sp³-hybridized carbons (Fsp3) is 0.615.